The molecule has 0 aromatic heterocycles. The minimum atomic E-state index is 0.558. The Morgan fingerprint density at radius 1 is 1.62 bits per heavy atom. The van der Waals surface area contributed by atoms with E-state index < -0.39 is 0 Å². The Morgan fingerprint density at radius 2 is 2.46 bits per heavy atom. The highest BCUT2D eigenvalue weighted by atomic mass is 32.1. The highest BCUT2D eigenvalue weighted by Gasteiger charge is 2.05. The normalized spacial score (nSPS) is 21.8. The first-order valence-corrected chi connectivity index (χ1v) is 4.89. The lowest BCUT2D eigenvalue weighted by molar-refractivity contribution is 0.624. The number of nitrogens with one attached hydrogen (secondary N) is 2. The fourth-order valence-electron chi connectivity index (χ4n) is 1.21. The van der Waals surface area contributed by atoms with Crippen LogP contribution in [0.25, 0.3) is 0 Å². The van der Waals surface area contributed by atoms with Gasteiger partial charge in [-0.15, -0.1) is 0 Å². The maximum absolute atomic E-state index is 4.87. The van der Waals surface area contributed by atoms with Crippen LogP contribution in [0.1, 0.15) is 19.3 Å². The van der Waals surface area contributed by atoms with Crippen LogP contribution >= 0.6 is 12.2 Å². The van der Waals surface area contributed by atoms with Crippen LogP contribution in [0.3, 0.4) is 0 Å². The van der Waals surface area contributed by atoms with Crippen LogP contribution < -0.4 is 10.7 Å². The molecule has 1 atom stereocenters. The van der Waals surface area contributed by atoms with Gasteiger partial charge in [-0.2, -0.15) is 5.10 Å². The number of rotatable bonds is 2. The lowest BCUT2D eigenvalue weighted by Gasteiger charge is -2.11. The number of hydrazone groups is 1. The molecule has 1 rings (SSSR count). The summed E-state index contributed by atoms with van der Waals surface area (Å²) < 4.78 is 0. The van der Waals surface area contributed by atoms with Crippen molar-refractivity contribution >= 4 is 23.5 Å². The van der Waals surface area contributed by atoms with Gasteiger partial charge in [0.2, 0.25) is 0 Å². The molecule has 2 N–H and O–H groups in total. The van der Waals surface area contributed by atoms with Crippen LogP contribution in [0.5, 0.6) is 0 Å². The number of hydrogen-bond acceptors (Lipinski definition) is 2. The molecule has 0 spiro atoms. The van der Waals surface area contributed by atoms with Crippen molar-refractivity contribution in [3.63, 3.8) is 0 Å². The molecule has 72 valence electrons. The molecule has 0 radical (unpaired) electrons. The smallest absolute Gasteiger partial charge is 0.186 e. The first-order chi connectivity index (χ1) is 6.33. The quantitative estimate of drug-likeness (QED) is 0.304. The summed E-state index contributed by atoms with van der Waals surface area (Å²) in [7, 11) is 1.77. The lowest BCUT2D eigenvalue weighted by atomic mass is 9.96. The van der Waals surface area contributed by atoms with Gasteiger partial charge in [-0.3, -0.25) is 5.43 Å². The molecule has 0 bridgehead atoms. The van der Waals surface area contributed by atoms with E-state index in [4.69, 9.17) is 12.2 Å². The molecule has 13 heavy (non-hydrogen) atoms. The van der Waals surface area contributed by atoms with Crippen LogP contribution in [0.2, 0.25) is 0 Å². The third kappa shape index (κ3) is 4.03. The van der Waals surface area contributed by atoms with E-state index in [0.717, 1.165) is 12.8 Å². The molecule has 0 aliphatic heterocycles. The van der Waals surface area contributed by atoms with Crippen LogP contribution in [-0.4, -0.2) is 18.4 Å². The fourth-order valence-corrected chi connectivity index (χ4v) is 1.26. The van der Waals surface area contributed by atoms with E-state index in [1.807, 2.05) is 6.21 Å². The van der Waals surface area contributed by atoms with Crippen molar-refractivity contribution in [2.45, 2.75) is 19.3 Å². The molecular weight excluding hydrogens is 182 g/mol. The number of thiocarbonyl (C=S) groups is 1. The molecule has 0 fully saturated rings. The van der Waals surface area contributed by atoms with Crippen molar-refractivity contribution in [3.8, 4) is 0 Å². The SMILES string of the molecule is CNC(=S)N/N=C/[C@@H]1CC=CCC1. The van der Waals surface area contributed by atoms with Gasteiger partial charge in [0.15, 0.2) is 5.11 Å². The first kappa shape index (κ1) is 10.2. The van der Waals surface area contributed by atoms with Crippen molar-refractivity contribution in [1.82, 2.24) is 10.7 Å². The molecule has 0 unspecified atom stereocenters. The van der Waals surface area contributed by atoms with Crippen molar-refractivity contribution < 1.29 is 0 Å². The molecule has 0 saturated heterocycles. The zero-order valence-electron chi connectivity index (χ0n) is 7.79. The van der Waals surface area contributed by atoms with E-state index in [1.54, 1.807) is 7.05 Å². The summed E-state index contributed by atoms with van der Waals surface area (Å²) in [5, 5.41) is 7.41. The fraction of sp³-hybridized carbons (Fsp3) is 0.556. The van der Waals surface area contributed by atoms with Crippen molar-refractivity contribution in [2.75, 3.05) is 7.05 Å². The van der Waals surface area contributed by atoms with E-state index in [-0.39, 0.29) is 0 Å². The monoisotopic (exact) mass is 197 g/mol. The zero-order chi connectivity index (χ0) is 9.52. The maximum atomic E-state index is 4.87. The van der Waals surface area contributed by atoms with Gasteiger partial charge in [-0.25, -0.2) is 0 Å². The van der Waals surface area contributed by atoms with Crippen LogP contribution in [0, 0.1) is 5.92 Å². The molecule has 0 saturated carbocycles. The van der Waals surface area contributed by atoms with E-state index in [1.165, 1.54) is 6.42 Å². The van der Waals surface area contributed by atoms with Gasteiger partial charge >= 0.3 is 0 Å². The van der Waals surface area contributed by atoms with Crippen molar-refractivity contribution in [1.29, 1.82) is 0 Å². The summed E-state index contributed by atoms with van der Waals surface area (Å²) >= 11 is 4.87. The average Bonchev–Trinajstić information content (AvgIpc) is 2.19. The topological polar surface area (TPSA) is 36.4 Å². The Bertz CT molecular complexity index is 223. The number of hydrogen-bond donors (Lipinski definition) is 2. The Morgan fingerprint density at radius 3 is 3.08 bits per heavy atom. The number of nitrogens with zero attached hydrogens (tertiary/aromatic N) is 1. The highest BCUT2D eigenvalue weighted by Crippen LogP contribution is 2.15. The number of allylic oxidation sites excluding steroid dienone is 2. The van der Waals surface area contributed by atoms with Crippen molar-refractivity contribution in [2.24, 2.45) is 11.0 Å². The lowest BCUT2D eigenvalue weighted by Crippen LogP contribution is -2.28. The van der Waals surface area contributed by atoms with Gasteiger partial charge < -0.3 is 5.32 Å². The van der Waals surface area contributed by atoms with Crippen LogP contribution in [0.4, 0.5) is 0 Å². The summed E-state index contributed by atoms with van der Waals surface area (Å²) in [6, 6.07) is 0. The zero-order valence-corrected chi connectivity index (χ0v) is 8.60. The van der Waals surface area contributed by atoms with Gasteiger partial charge in [0.1, 0.15) is 0 Å². The highest BCUT2D eigenvalue weighted by molar-refractivity contribution is 7.80. The second-order valence-electron chi connectivity index (χ2n) is 3.01. The summed E-state index contributed by atoms with van der Waals surface area (Å²) in [6.45, 7) is 0. The third-order valence-electron chi connectivity index (χ3n) is 1.99. The molecule has 3 nitrogen and oxygen atoms in total. The Hall–Kier alpha value is -0.900. The van der Waals surface area contributed by atoms with Crippen molar-refractivity contribution in [3.05, 3.63) is 12.2 Å². The molecule has 4 heteroatoms. The molecule has 1 aliphatic carbocycles. The predicted molar refractivity (Wildman–Crippen MR) is 59.8 cm³/mol. The van der Waals surface area contributed by atoms with E-state index in [9.17, 15) is 0 Å². The third-order valence-corrected chi connectivity index (χ3v) is 2.28. The second-order valence-corrected chi connectivity index (χ2v) is 3.42. The van der Waals surface area contributed by atoms with Gasteiger partial charge in [0.05, 0.1) is 0 Å². The average molecular weight is 197 g/mol. The summed E-state index contributed by atoms with van der Waals surface area (Å²) in [5.74, 6) is 0.567. The van der Waals surface area contributed by atoms with E-state index >= 15 is 0 Å². The predicted octanol–water partition coefficient (Wildman–Crippen LogP) is 1.42. The molecule has 0 amide bonds. The molecular formula is C9H15N3S. The maximum Gasteiger partial charge on any atom is 0.186 e. The summed E-state index contributed by atoms with van der Waals surface area (Å²) in [4.78, 5) is 0. The minimum absolute atomic E-state index is 0.558. The largest absolute Gasteiger partial charge is 0.364 e. The standard InChI is InChI=1S/C9H15N3S/c1-10-9(13)12-11-7-8-5-3-2-4-6-8/h2-3,7-8H,4-6H2,1H3,(H2,10,12,13)/b11-7+/t8-/m1/s1. The Kier molecular flexibility index (Phi) is 4.46. The van der Waals surface area contributed by atoms with E-state index in [0.29, 0.717) is 11.0 Å². The second kappa shape index (κ2) is 5.70. The molecule has 0 aromatic rings. The van der Waals surface area contributed by atoms with Gasteiger partial charge in [0, 0.05) is 13.3 Å². The van der Waals surface area contributed by atoms with Gasteiger partial charge in [0.25, 0.3) is 0 Å². The van der Waals surface area contributed by atoms with Crippen LogP contribution in [-0.2, 0) is 0 Å². The Labute approximate surface area is 84.3 Å². The first-order valence-electron chi connectivity index (χ1n) is 4.49. The summed E-state index contributed by atoms with van der Waals surface area (Å²) in [6.07, 6.45) is 9.80. The molecule has 0 heterocycles. The van der Waals surface area contributed by atoms with E-state index in [2.05, 4.69) is 28.0 Å². The molecule has 1 aliphatic rings. The Balaban J connectivity index is 2.23. The minimum Gasteiger partial charge on any atom is -0.364 e. The summed E-state index contributed by atoms with van der Waals surface area (Å²) in [5.41, 5.74) is 2.75. The molecule has 0 aromatic carbocycles. The van der Waals surface area contributed by atoms with Gasteiger partial charge in [-0.1, -0.05) is 12.2 Å². The van der Waals surface area contributed by atoms with Gasteiger partial charge in [-0.05, 0) is 37.4 Å². The van der Waals surface area contributed by atoms with Crippen LogP contribution in [0.15, 0.2) is 17.3 Å².